The van der Waals surface area contributed by atoms with Gasteiger partial charge in [0.15, 0.2) is 28.6 Å². The van der Waals surface area contributed by atoms with Gasteiger partial charge in [0.25, 0.3) is 0 Å². The normalized spacial score (nSPS) is 11.8. The van der Waals surface area contributed by atoms with E-state index in [2.05, 4.69) is 223 Å². The lowest BCUT2D eigenvalue weighted by molar-refractivity contribution is 0.673. The molecule has 0 unspecified atom stereocenters. The average molecular weight is 898 g/mol. The van der Waals surface area contributed by atoms with Crippen LogP contribution in [-0.4, -0.2) is 24.1 Å². The average Bonchev–Trinajstić information content (AvgIpc) is 4.08. The van der Waals surface area contributed by atoms with Gasteiger partial charge in [0.05, 0.1) is 16.6 Å². The van der Waals surface area contributed by atoms with Crippen LogP contribution in [0.15, 0.2) is 235 Å². The Balaban J connectivity index is 0.998. The van der Waals surface area contributed by atoms with Gasteiger partial charge in [-0.05, 0) is 101 Å². The maximum Gasteiger partial charge on any atom is 0.164 e. The van der Waals surface area contributed by atoms with Crippen molar-refractivity contribution in [1.29, 1.82) is 0 Å². The smallest absolute Gasteiger partial charge is 0.164 e. The Morgan fingerprint density at radius 1 is 0.414 bits per heavy atom. The lowest BCUT2D eigenvalue weighted by atomic mass is 9.99. The molecular weight excluding hydrogens is 855 g/mol. The number of para-hydroxylation sites is 2. The minimum Gasteiger partial charge on any atom is -0.452 e. The van der Waals surface area contributed by atoms with Crippen LogP contribution in [-0.2, 0) is 0 Å². The Hall–Kier alpha value is -9.39. The van der Waals surface area contributed by atoms with Gasteiger partial charge in [-0.3, -0.25) is 0 Å². The fourth-order valence-corrected chi connectivity index (χ4v) is 10.3. The van der Waals surface area contributed by atoms with Gasteiger partial charge >= 0.3 is 0 Å². The van der Waals surface area contributed by atoms with Crippen LogP contribution in [0.3, 0.4) is 0 Å². The van der Waals surface area contributed by atoms with Crippen molar-refractivity contribution in [2.24, 2.45) is 0 Å². The van der Waals surface area contributed by atoms with E-state index < -0.39 is 0 Å². The summed E-state index contributed by atoms with van der Waals surface area (Å²) < 4.78 is 11.9. The van der Waals surface area contributed by atoms with Gasteiger partial charge in [0.1, 0.15) is 0 Å². The number of aryl methyl sites for hydroxylation is 1. The van der Waals surface area contributed by atoms with Crippen molar-refractivity contribution in [1.82, 2.24) is 24.1 Å². The fourth-order valence-electron chi connectivity index (χ4n) is 10.3. The molecule has 0 amide bonds. The minimum atomic E-state index is 0.587. The molecule has 0 N–H and O–H groups in total. The number of benzene rings is 9. The summed E-state index contributed by atoms with van der Waals surface area (Å²) in [6.45, 7) is 6.15. The molecule has 0 spiro atoms. The Labute approximate surface area is 404 Å². The molecule has 0 bridgehead atoms. The molecule has 9 aromatic carbocycles. The maximum absolute atomic E-state index is 7.27. The fraction of sp³-hybridized carbons (Fsp3) is 0.0156. The Morgan fingerprint density at radius 2 is 0.957 bits per heavy atom. The Morgan fingerprint density at radius 3 is 1.69 bits per heavy atom. The number of rotatable bonds is 9. The molecule has 0 atom stereocenters. The number of hydrogen-bond acceptors (Lipinski definition) is 4. The first-order chi connectivity index (χ1) is 34.6. The van der Waals surface area contributed by atoms with Crippen LogP contribution in [0.25, 0.3) is 129 Å². The lowest BCUT2D eigenvalue weighted by Gasteiger charge is -2.13. The highest BCUT2D eigenvalue weighted by Gasteiger charge is 2.24. The van der Waals surface area contributed by atoms with Gasteiger partial charge in [-0.15, -0.1) is 0 Å². The molecule has 0 aliphatic carbocycles. The number of nitrogens with zero attached hydrogens (tertiary/aromatic N) is 5. The summed E-state index contributed by atoms with van der Waals surface area (Å²) in [6, 6.07) is 74.2. The van der Waals surface area contributed by atoms with E-state index in [1.165, 1.54) is 5.56 Å². The van der Waals surface area contributed by atoms with Crippen LogP contribution in [0, 0.1) is 6.92 Å². The third kappa shape index (κ3) is 6.68. The zero-order valence-corrected chi connectivity index (χ0v) is 38.3. The van der Waals surface area contributed by atoms with E-state index in [4.69, 9.17) is 19.4 Å². The van der Waals surface area contributed by atoms with Crippen LogP contribution in [0.5, 0.6) is 0 Å². The summed E-state index contributed by atoms with van der Waals surface area (Å²) in [7, 11) is 0. The summed E-state index contributed by atoms with van der Waals surface area (Å²) in [5, 5.41) is 5.53. The molecule has 330 valence electrons. The molecule has 6 heteroatoms. The van der Waals surface area contributed by atoms with Crippen molar-refractivity contribution in [3.8, 4) is 67.8 Å². The largest absolute Gasteiger partial charge is 0.452 e. The molecule has 0 saturated carbocycles. The molecular formula is C64H43N5O. The number of hydrogen-bond donors (Lipinski definition) is 0. The van der Waals surface area contributed by atoms with Crippen molar-refractivity contribution >= 4 is 60.7 Å². The highest BCUT2D eigenvalue weighted by molar-refractivity contribution is 6.24. The second kappa shape index (κ2) is 16.7. The molecule has 6 nitrogen and oxygen atoms in total. The van der Waals surface area contributed by atoms with Crippen molar-refractivity contribution < 1.29 is 4.42 Å². The number of furan rings is 1. The minimum absolute atomic E-state index is 0.587. The first kappa shape index (κ1) is 40.8. The standard InChI is InChI=1S/C64H43N5O/c1-3-4-30-56-41(2)49-36-38-53-54-39-37-52-51-28-16-17-31-57(51)69(59(52)61(54)70-60(53)58(49)68(56)47-25-12-7-13-26-47)48-34-32-44(33-35-48)62-65-63(46-24-18-23-45(40-46)42-19-8-5-9-20-42)67-64(66-62)55-29-15-14-27-50(55)43-21-10-6-11-22-43/h3-40H,1H2,2H3/b30-4-. The molecule has 0 fully saturated rings. The first-order valence-corrected chi connectivity index (χ1v) is 23.6. The van der Waals surface area contributed by atoms with E-state index in [-0.39, 0.29) is 0 Å². The summed E-state index contributed by atoms with van der Waals surface area (Å²) in [5.74, 6) is 1.80. The SMILES string of the molecule is C=C/C=C\c1c(C)c2ccc3c4ccc5c6ccccc6n(-c6ccc(-c7nc(-c8cccc(-c9ccccc9)c8)nc(-c8ccccc8-c8ccccc8)n7)cc6)c5c4oc3c2n1-c1ccccc1. The quantitative estimate of drug-likeness (QED) is 0.135. The van der Waals surface area contributed by atoms with Gasteiger partial charge in [0, 0.05) is 60.7 Å². The highest BCUT2D eigenvalue weighted by Crippen LogP contribution is 2.44. The van der Waals surface area contributed by atoms with E-state index in [0.717, 1.165) is 111 Å². The zero-order chi connectivity index (χ0) is 46.7. The van der Waals surface area contributed by atoms with Gasteiger partial charge in [0.2, 0.25) is 0 Å². The second-order valence-electron chi connectivity index (χ2n) is 17.6. The molecule has 0 radical (unpaired) electrons. The summed E-state index contributed by atoms with van der Waals surface area (Å²) >= 11 is 0. The first-order valence-electron chi connectivity index (χ1n) is 23.6. The number of aromatic nitrogens is 5. The monoisotopic (exact) mass is 897 g/mol. The van der Waals surface area contributed by atoms with Gasteiger partial charge < -0.3 is 13.6 Å². The molecule has 0 aliphatic heterocycles. The van der Waals surface area contributed by atoms with E-state index in [0.29, 0.717) is 17.5 Å². The molecule has 13 rings (SSSR count). The van der Waals surface area contributed by atoms with Gasteiger partial charge in [-0.1, -0.05) is 170 Å². The van der Waals surface area contributed by atoms with E-state index >= 15 is 0 Å². The van der Waals surface area contributed by atoms with E-state index in [9.17, 15) is 0 Å². The third-order valence-corrected chi connectivity index (χ3v) is 13.6. The molecule has 0 aliphatic rings. The van der Waals surface area contributed by atoms with Crippen LogP contribution >= 0.6 is 0 Å². The van der Waals surface area contributed by atoms with Crippen molar-refractivity contribution in [3.63, 3.8) is 0 Å². The molecule has 13 aromatic rings. The van der Waals surface area contributed by atoms with Crippen molar-refractivity contribution in [3.05, 3.63) is 242 Å². The van der Waals surface area contributed by atoms with E-state index in [1.54, 1.807) is 0 Å². The summed E-state index contributed by atoms with van der Waals surface area (Å²) in [6.07, 6.45) is 5.95. The topological polar surface area (TPSA) is 61.7 Å². The van der Waals surface area contributed by atoms with Crippen LogP contribution in [0.4, 0.5) is 0 Å². The Kier molecular flexibility index (Phi) is 9.77. The molecule has 4 aromatic heterocycles. The van der Waals surface area contributed by atoms with E-state index in [1.807, 2.05) is 30.4 Å². The zero-order valence-electron chi connectivity index (χ0n) is 38.3. The predicted molar refractivity (Wildman–Crippen MR) is 289 cm³/mol. The predicted octanol–water partition coefficient (Wildman–Crippen LogP) is 16.7. The van der Waals surface area contributed by atoms with Gasteiger partial charge in [-0.2, -0.15) is 0 Å². The Bertz CT molecular complexity index is 4180. The van der Waals surface area contributed by atoms with Crippen molar-refractivity contribution in [2.45, 2.75) is 6.92 Å². The van der Waals surface area contributed by atoms with Gasteiger partial charge in [-0.25, -0.2) is 15.0 Å². The number of fused-ring (bicyclic) bond motifs is 9. The lowest BCUT2D eigenvalue weighted by Crippen LogP contribution is -2.01. The number of allylic oxidation sites excluding steroid dienone is 2. The molecule has 4 heterocycles. The maximum atomic E-state index is 7.27. The van der Waals surface area contributed by atoms with Crippen molar-refractivity contribution in [2.75, 3.05) is 0 Å². The van der Waals surface area contributed by atoms with Crippen LogP contribution in [0.2, 0.25) is 0 Å². The highest BCUT2D eigenvalue weighted by atomic mass is 16.3. The van der Waals surface area contributed by atoms with Crippen LogP contribution in [0.1, 0.15) is 11.3 Å². The second-order valence-corrected chi connectivity index (χ2v) is 17.6. The third-order valence-electron chi connectivity index (χ3n) is 13.6. The van der Waals surface area contributed by atoms with Crippen LogP contribution < -0.4 is 0 Å². The summed E-state index contributed by atoms with van der Waals surface area (Å²) in [4.78, 5) is 15.7. The summed E-state index contributed by atoms with van der Waals surface area (Å²) in [5.41, 5.74) is 16.2. The molecule has 0 saturated heterocycles. The molecule has 70 heavy (non-hydrogen) atoms.